The van der Waals surface area contributed by atoms with Gasteiger partial charge < -0.3 is 16.0 Å². The maximum Gasteiger partial charge on any atom is 0.157 e. The number of quaternary nitrogens is 2. The molecule has 7 nitrogen and oxygen atoms in total. The van der Waals surface area contributed by atoms with Gasteiger partial charge in [-0.2, -0.15) is 9.61 Å². The van der Waals surface area contributed by atoms with Crippen LogP contribution in [0.25, 0.3) is 5.65 Å². The van der Waals surface area contributed by atoms with E-state index < -0.39 is 0 Å². The van der Waals surface area contributed by atoms with E-state index >= 15 is 0 Å². The second-order valence-corrected chi connectivity index (χ2v) is 8.83. The molecule has 4 rings (SSSR count). The molecule has 0 unspecified atom stereocenters. The van der Waals surface area contributed by atoms with Gasteiger partial charge in [0, 0.05) is 62.3 Å². The van der Waals surface area contributed by atoms with Crippen LogP contribution in [0.5, 0.6) is 0 Å². The molecular weight excluding hydrogens is 362 g/mol. The van der Waals surface area contributed by atoms with E-state index in [9.17, 15) is 0 Å². The number of rotatable bonds is 9. The highest BCUT2D eigenvalue weighted by Crippen LogP contribution is 2.27. The van der Waals surface area contributed by atoms with Crippen molar-refractivity contribution in [3.63, 3.8) is 0 Å². The first-order valence-electron chi connectivity index (χ1n) is 11.7. The van der Waals surface area contributed by atoms with E-state index in [0.717, 1.165) is 30.3 Å². The topological polar surface area (TPSA) is 78.7 Å². The van der Waals surface area contributed by atoms with Gasteiger partial charge in [-0.1, -0.05) is 13.8 Å². The van der Waals surface area contributed by atoms with E-state index in [4.69, 9.17) is 4.98 Å². The Morgan fingerprint density at radius 1 is 1.24 bits per heavy atom. The van der Waals surface area contributed by atoms with Gasteiger partial charge in [-0.05, 0) is 19.3 Å². The van der Waals surface area contributed by atoms with Gasteiger partial charge in [0.15, 0.2) is 5.65 Å². The van der Waals surface area contributed by atoms with Crippen molar-refractivity contribution in [1.29, 1.82) is 0 Å². The lowest BCUT2D eigenvalue weighted by Gasteiger charge is -2.24. The molecule has 2 aromatic rings. The Balaban J connectivity index is 1.33. The highest BCUT2D eigenvalue weighted by atomic mass is 15.3. The van der Waals surface area contributed by atoms with Gasteiger partial charge in [-0.3, -0.25) is 4.90 Å². The largest absolute Gasteiger partial charge is 0.367 e. The molecule has 1 saturated heterocycles. The van der Waals surface area contributed by atoms with Gasteiger partial charge >= 0.3 is 0 Å². The lowest BCUT2D eigenvalue weighted by molar-refractivity contribution is -0.690. The predicted octanol–water partition coefficient (Wildman–Crippen LogP) is 0.408. The standard InChI is InChI=1S/C22H37N7/c1-3-17(4-2)20-16-22(29-21(27-20)7-8-25-29)26-19-6-5-18(15-19)24-11-14-28-12-9-23-10-13-28/h7-8,16-19,23-24,26H,3-6,9-15H2,1-2H3/p+2/t18-,19-/m0/s1. The second-order valence-electron chi connectivity index (χ2n) is 8.83. The Morgan fingerprint density at radius 2 is 2.07 bits per heavy atom. The van der Waals surface area contributed by atoms with Crippen LogP contribution >= 0.6 is 0 Å². The van der Waals surface area contributed by atoms with Gasteiger partial charge in [0.25, 0.3) is 0 Å². The van der Waals surface area contributed by atoms with E-state index in [1.54, 1.807) is 0 Å². The number of fused-ring (bicyclic) bond motifs is 1. The summed E-state index contributed by atoms with van der Waals surface area (Å²) in [5.74, 6) is 1.63. The van der Waals surface area contributed by atoms with Crippen molar-refractivity contribution in [3.05, 3.63) is 24.0 Å². The minimum Gasteiger partial charge on any atom is -0.367 e. The first-order chi connectivity index (χ1) is 14.3. The average Bonchev–Trinajstić information content (AvgIpc) is 3.39. The van der Waals surface area contributed by atoms with E-state index in [2.05, 4.69) is 45.9 Å². The fourth-order valence-electron chi connectivity index (χ4n) is 5.04. The van der Waals surface area contributed by atoms with Gasteiger partial charge in [0.1, 0.15) is 5.82 Å². The number of nitrogens with one attached hydrogen (secondary N) is 1. The maximum atomic E-state index is 4.86. The third kappa shape index (κ3) is 5.08. The van der Waals surface area contributed by atoms with Gasteiger partial charge in [0.2, 0.25) is 0 Å². The summed E-state index contributed by atoms with van der Waals surface area (Å²) < 4.78 is 1.97. The molecule has 0 amide bonds. The fourth-order valence-corrected chi connectivity index (χ4v) is 5.04. The molecule has 0 spiro atoms. The third-order valence-corrected chi connectivity index (χ3v) is 6.85. The molecule has 1 aliphatic heterocycles. The Kier molecular flexibility index (Phi) is 7.00. The zero-order valence-corrected chi connectivity index (χ0v) is 18.2. The monoisotopic (exact) mass is 401 g/mol. The van der Waals surface area contributed by atoms with Gasteiger partial charge in [-0.15, -0.1) is 0 Å². The molecule has 2 aliphatic rings. The van der Waals surface area contributed by atoms with Crippen molar-refractivity contribution < 1.29 is 10.6 Å². The summed E-state index contributed by atoms with van der Waals surface area (Å²) in [5.41, 5.74) is 2.15. The van der Waals surface area contributed by atoms with Crippen LogP contribution in [0.4, 0.5) is 5.82 Å². The third-order valence-electron chi connectivity index (χ3n) is 6.85. The van der Waals surface area contributed by atoms with Crippen LogP contribution in [0, 0.1) is 0 Å². The van der Waals surface area contributed by atoms with Crippen molar-refractivity contribution in [3.8, 4) is 0 Å². The summed E-state index contributed by atoms with van der Waals surface area (Å²) in [5, 5.41) is 13.3. The molecule has 2 fully saturated rings. The Morgan fingerprint density at radius 3 is 2.86 bits per heavy atom. The normalized spacial score (nSPS) is 23.3. The molecule has 7 heteroatoms. The smallest absolute Gasteiger partial charge is 0.157 e. The molecule has 0 bridgehead atoms. The fraction of sp³-hybridized carbons (Fsp3) is 0.727. The number of anilines is 1. The Labute approximate surface area is 174 Å². The van der Waals surface area contributed by atoms with E-state index in [0.29, 0.717) is 12.0 Å². The second kappa shape index (κ2) is 9.87. The predicted molar refractivity (Wildman–Crippen MR) is 116 cm³/mol. The average molecular weight is 402 g/mol. The van der Waals surface area contributed by atoms with Gasteiger partial charge in [0.05, 0.1) is 31.9 Å². The lowest BCUT2D eigenvalue weighted by Crippen LogP contribution is -2.92. The number of hydrogen-bond acceptors (Lipinski definition) is 4. The highest BCUT2D eigenvalue weighted by molar-refractivity contribution is 5.50. The molecule has 2 atom stereocenters. The van der Waals surface area contributed by atoms with E-state index in [-0.39, 0.29) is 0 Å². The van der Waals surface area contributed by atoms with Gasteiger partial charge in [-0.25, -0.2) is 4.98 Å². The SMILES string of the molecule is CCC(CC)c1cc(N[C@H]2CC[C@H]([NH2+]CCN3CC[NH2+]CC3)C2)n2nccc2n1. The number of piperazine rings is 1. The minimum atomic E-state index is 0.521. The van der Waals surface area contributed by atoms with Crippen molar-refractivity contribution in [2.24, 2.45) is 0 Å². The van der Waals surface area contributed by atoms with Crippen molar-refractivity contribution in [2.75, 3.05) is 44.6 Å². The molecule has 1 aliphatic carbocycles. The summed E-state index contributed by atoms with van der Waals surface area (Å²) in [7, 11) is 0. The number of hydrogen-bond donors (Lipinski definition) is 3. The first-order valence-corrected chi connectivity index (χ1v) is 11.7. The Bertz CT molecular complexity index is 764. The lowest BCUT2D eigenvalue weighted by atomic mass is 9.99. The highest BCUT2D eigenvalue weighted by Gasteiger charge is 2.28. The van der Waals surface area contributed by atoms with E-state index in [1.165, 1.54) is 64.2 Å². The summed E-state index contributed by atoms with van der Waals surface area (Å²) in [6.07, 6.45) is 7.89. The van der Waals surface area contributed by atoms with Crippen LogP contribution in [0.1, 0.15) is 57.6 Å². The quantitative estimate of drug-likeness (QED) is 0.569. The van der Waals surface area contributed by atoms with Crippen molar-refractivity contribution >= 4 is 11.5 Å². The minimum absolute atomic E-state index is 0.521. The van der Waals surface area contributed by atoms with Crippen LogP contribution in [0.3, 0.4) is 0 Å². The zero-order chi connectivity index (χ0) is 20.1. The molecule has 1 saturated carbocycles. The summed E-state index contributed by atoms with van der Waals surface area (Å²) in [4.78, 5) is 7.48. The first kappa shape index (κ1) is 20.6. The number of nitrogens with zero attached hydrogens (tertiary/aromatic N) is 4. The molecule has 0 aromatic carbocycles. The number of aromatic nitrogens is 3. The van der Waals surface area contributed by atoms with Crippen LogP contribution < -0.4 is 16.0 Å². The number of nitrogens with two attached hydrogens (primary N) is 2. The van der Waals surface area contributed by atoms with Crippen LogP contribution in [-0.4, -0.2) is 70.9 Å². The van der Waals surface area contributed by atoms with E-state index in [1.807, 2.05) is 16.8 Å². The van der Waals surface area contributed by atoms with Crippen LogP contribution in [-0.2, 0) is 0 Å². The molecule has 2 aromatic heterocycles. The molecular formula is C22H39N7+2. The maximum absolute atomic E-state index is 4.86. The van der Waals surface area contributed by atoms with Crippen LogP contribution in [0.2, 0.25) is 0 Å². The molecule has 5 N–H and O–H groups in total. The summed E-state index contributed by atoms with van der Waals surface area (Å²) in [6, 6.07) is 5.53. The summed E-state index contributed by atoms with van der Waals surface area (Å²) in [6.45, 7) is 12.0. The molecule has 160 valence electrons. The van der Waals surface area contributed by atoms with Crippen LogP contribution in [0.15, 0.2) is 18.3 Å². The molecule has 29 heavy (non-hydrogen) atoms. The van der Waals surface area contributed by atoms with Crippen molar-refractivity contribution in [1.82, 2.24) is 19.5 Å². The zero-order valence-electron chi connectivity index (χ0n) is 18.2. The summed E-state index contributed by atoms with van der Waals surface area (Å²) >= 11 is 0. The molecule has 0 radical (unpaired) electrons. The van der Waals surface area contributed by atoms with Crippen molar-refractivity contribution in [2.45, 2.75) is 64.0 Å². The molecule has 3 heterocycles. The Hall–Kier alpha value is -1.70.